The number of carbonyl (C=O) groups is 1. The fourth-order valence-corrected chi connectivity index (χ4v) is 3.77. The lowest BCUT2D eigenvalue weighted by Crippen LogP contribution is -2.35. The van der Waals surface area contributed by atoms with Crippen LogP contribution in [-0.2, 0) is 0 Å². The molecule has 1 fully saturated rings. The van der Waals surface area contributed by atoms with Crippen molar-refractivity contribution < 1.29 is 4.79 Å². The van der Waals surface area contributed by atoms with E-state index in [1.165, 1.54) is 16.6 Å². The molecule has 5 heteroatoms. The topological polar surface area (TPSA) is 52.2 Å². The van der Waals surface area contributed by atoms with Crippen molar-refractivity contribution in [2.75, 3.05) is 32.1 Å². The molecule has 0 bridgehead atoms. The molecule has 0 atom stereocenters. The van der Waals surface area contributed by atoms with Crippen LogP contribution in [0.25, 0.3) is 10.9 Å². The Morgan fingerprint density at radius 2 is 1.92 bits per heavy atom. The highest BCUT2D eigenvalue weighted by Crippen LogP contribution is 2.32. The number of amides is 1. The van der Waals surface area contributed by atoms with Crippen LogP contribution in [0.2, 0.25) is 0 Å². The van der Waals surface area contributed by atoms with Crippen LogP contribution < -0.4 is 4.90 Å². The van der Waals surface area contributed by atoms with E-state index in [1.54, 1.807) is 25.2 Å². The number of para-hydroxylation sites is 1. The molecule has 3 aromatic rings. The summed E-state index contributed by atoms with van der Waals surface area (Å²) in [5, 5.41) is 1.27. The van der Waals surface area contributed by atoms with Gasteiger partial charge in [-0.2, -0.15) is 0 Å². The molecule has 26 heavy (non-hydrogen) atoms. The largest absolute Gasteiger partial charge is 0.358 e. The predicted molar refractivity (Wildman–Crippen MR) is 105 cm³/mol. The number of anilines is 1. The second-order valence-electron chi connectivity index (χ2n) is 7.15. The average molecular weight is 348 g/mol. The summed E-state index contributed by atoms with van der Waals surface area (Å²) in [7, 11) is 3.56. The van der Waals surface area contributed by atoms with Gasteiger partial charge in [-0.3, -0.25) is 4.79 Å². The van der Waals surface area contributed by atoms with E-state index in [0.717, 1.165) is 31.7 Å². The highest BCUT2D eigenvalue weighted by molar-refractivity contribution is 5.98. The third-order valence-corrected chi connectivity index (χ3v) is 5.21. The summed E-state index contributed by atoms with van der Waals surface area (Å²) in [6.45, 7) is 1.81. The molecule has 1 aliphatic heterocycles. The number of rotatable bonds is 3. The van der Waals surface area contributed by atoms with Gasteiger partial charge in [-0.25, -0.2) is 4.98 Å². The summed E-state index contributed by atoms with van der Waals surface area (Å²) in [6.07, 6.45) is 3.88. The van der Waals surface area contributed by atoms with Crippen LogP contribution in [0.15, 0.2) is 48.7 Å². The molecule has 3 heterocycles. The third kappa shape index (κ3) is 3.05. The Bertz CT molecular complexity index is 889. The molecule has 1 N–H and O–H groups in total. The maximum Gasteiger partial charge on any atom is 0.257 e. The number of nitrogens with one attached hydrogen (secondary N) is 1. The summed E-state index contributed by atoms with van der Waals surface area (Å²) in [5.41, 5.74) is 3.20. The molecule has 1 amide bonds. The molecule has 1 saturated heterocycles. The van der Waals surface area contributed by atoms with Gasteiger partial charge in [-0.05, 0) is 42.5 Å². The van der Waals surface area contributed by atoms with Crippen molar-refractivity contribution in [1.82, 2.24) is 14.9 Å². The van der Waals surface area contributed by atoms with Crippen LogP contribution in [0.5, 0.6) is 0 Å². The van der Waals surface area contributed by atoms with Crippen LogP contribution in [0.4, 0.5) is 5.82 Å². The van der Waals surface area contributed by atoms with Crippen LogP contribution in [0, 0.1) is 0 Å². The van der Waals surface area contributed by atoms with E-state index in [4.69, 9.17) is 0 Å². The average Bonchev–Trinajstić information content (AvgIpc) is 3.12. The normalized spacial score (nSPS) is 15.4. The van der Waals surface area contributed by atoms with Gasteiger partial charge in [0, 0.05) is 50.5 Å². The SMILES string of the molecule is CN(C)C(=O)c1cccnc1N1CCC(c2cc3ccccc3[nH]2)CC1. The van der Waals surface area contributed by atoms with Crippen molar-refractivity contribution in [3.63, 3.8) is 0 Å². The summed E-state index contributed by atoms with van der Waals surface area (Å²) >= 11 is 0. The first-order chi connectivity index (χ1) is 12.6. The molecule has 134 valence electrons. The standard InChI is InChI=1S/C21H24N4O/c1-24(2)21(26)17-7-5-11-22-20(17)25-12-9-15(10-13-25)19-14-16-6-3-4-8-18(16)23-19/h3-8,11,14-15,23H,9-10,12-13H2,1-2H3. The lowest BCUT2D eigenvalue weighted by atomic mass is 9.93. The molecular weight excluding hydrogens is 324 g/mol. The number of H-pyrrole nitrogens is 1. The van der Waals surface area contributed by atoms with Crippen LogP contribution >= 0.6 is 0 Å². The summed E-state index contributed by atoms with van der Waals surface area (Å²) in [5.74, 6) is 1.34. The molecule has 2 aromatic heterocycles. The number of pyridine rings is 1. The zero-order valence-corrected chi connectivity index (χ0v) is 15.3. The van der Waals surface area contributed by atoms with Gasteiger partial charge in [0.05, 0.1) is 5.56 Å². The number of aromatic amines is 1. The van der Waals surface area contributed by atoms with Crippen molar-refractivity contribution in [1.29, 1.82) is 0 Å². The minimum absolute atomic E-state index is 0.00541. The van der Waals surface area contributed by atoms with Crippen LogP contribution in [0.1, 0.15) is 34.8 Å². The Hall–Kier alpha value is -2.82. The second kappa shape index (κ2) is 6.83. The molecule has 0 radical (unpaired) electrons. The summed E-state index contributed by atoms with van der Waals surface area (Å²) in [4.78, 5) is 24.4. The van der Waals surface area contributed by atoms with Gasteiger partial charge in [0.1, 0.15) is 5.82 Å². The Kier molecular flexibility index (Phi) is 4.37. The van der Waals surface area contributed by atoms with Crippen LogP contribution in [-0.4, -0.2) is 48.0 Å². The van der Waals surface area contributed by atoms with E-state index in [1.807, 2.05) is 12.1 Å². The minimum atomic E-state index is 0.00541. The lowest BCUT2D eigenvalue weighted by molar-refractivity contribution is 0.0827. The molecule has 5 nitrogen and oxygen atoms in total. The Balaban J connectivity index is 1.51. The van der Waals surface area contributed by atoms with Crippen molar-refractivity contribution >= 4 is 22.6 Å². The van der Waals surface area contributed by atoms with Gasteiger partial charge in [0.25, 0.3) is 5.91 Å². The fraction of sp³-hybridized carbons (Fsp3) is 0.333. The monoisotopic (exact) mass is 348 g/mol. The third-order valence-electron chi connectivity index (χ3n) is 5.21. The van der Waals surface area contributed by atoms with E-state index in [0.29, 0.717) is 11.5 Å². The first kappa shape index (κ1) is 16.6. The number of fused-ring (bicyclic) bond motifs is 1. The minimum Gasteiger partial charge on any atom is -0.358 e. The zero-order valence-electron chi connectivity index (χ0n) is 15.3. The van der Waals surface area contributed by atoms with Crippen LogP contribution in [0.3, 0.4) is 0 Å². The second-order valence-corrected chi connectivity index (χ2v) is 7.15. The predicted octanol–water partition coefficient (Wildman–Crippen LogP) is 3.65. The molecule has 1 aromatic carbocycles. The number of hydrogen-bond acceptors (Lipinski definition) is 3. The van der Waals surface area contributed by atoms with Gasteiger partial charge in [-0.1, -0.05) is 18.2 Å². The fourth-order valence-electron chi connectivity index (χ4n) is 3.77. The quantitative estimate of drug-likeness (QED) is 0.786. The zero-order chi connectivity index (χ0) is 18.1. The van der Waals surface area contributed by atoms with Crippen molar-refractivity contribution in [3.05, 3.63) is 59.9 Å². The molecule has 0 spiro atoms. The van der Waals surface area contributed by atoms with Gasteiger partial charge in [-0.15, -0.1) is 0 Å². The molecule has 0 unspecified atom stereocenters. The maximum absolute atomic E-state index is 12.4. The molecular formula is C21H24N4O. The van der Waals surface area contributed by atoms with Gasteiger partial charge < -0.3 is 14.8 Å². The van der Waals surface area contributed by atoms with E-state index < -0.39 is 0 Å². The summed E-state index contributed by atoms with van der Waals surface area (Å²) < 4.78 is 0. The number of aromatic nitrogens is 2. The highest BCUT2D eigenvalue weighted by atomic mass is 16.2. The van der Waals surface area contributed by atoms with Crippen molar-refractivity contribution in [2.24, 2.45) is 0 Å². The number of carbonyl (C=O) groups excluding carboxylic acids is 1. The molecule has 1 aliphatic rings. The Labute approximate surface area is 153 Å². The number of hydrogen-bond donors (Lipinski definition) is 1. The van der Waals surface area contributed by atoms with Crippen molar-refractivity contribution in [2.45, 2.75) is 18.8 Å². The number of benzene rings is 1. The Morgan fingerprint density at radius 3 is 2.65 bits per heavy atom. The Morgan fingerprint density at radius 1 is 1.15 bits per heavy atom. The summed E-state index contributed by atoms with van der Waals surface area (Å²) in [6, 6.07) is 14.4. The molecule has 0 aliphatic carbocycles. The maximum atomic E-state index is 12.4. The number of nitrogens with zero attached hydrogens (tertiary/aromatic N) is 3. The smallest absolute Gasteiger partial charge is 0.257 e. The van der Waals surface area contributed by atoms with Gasteiger partial charge >= 0.3 is 0 Å². The van der Waals surface area contributed by atoms with E-state index in [2.05, 4.69) is 45.2 Å². The first-order valence-electron chi connectivity index (χ1n) is 9.13. The molecule has 0 saturated carbocycles. The first-order valence-corrected chi connectivity index (χ1v) is 9.13. The molecule has 4 rings (SSSR count). The number of piperidine rings is 1. The highest BCUT2D eigenvalue weighted by Gasteiger charge is 2.25. The van der Waals surface area contributed by atoms with Gasteiger partial charge in [0.15, 0.2) is 0 Å². The van der Waals surface area contributed by atoms with E-state index >= 15 is 0 Å². The van der Waals surface area contributed by atoms with Crippen molar-refractivity contribution in [3.8, 4) is 0 Å². The van der Waals surface area contributed by atoms with E-state index in [-0.39, 0.29) is 5.91 Å². The van der Waals surface area contributed by atoms with E-state index in [9.17, 15) is 4.79 Å². The van der Waals surface area contributed by atoms with Gasteiger partial charge in [0.2, 0.25) is 0 Å². The lowest BCUT2D eigenvalue weighted by Gasteiger charge is -2.33.